The highest BCUT2D eigenvalue weighted by atomic mass is 16.5. The minimum absolute atomic E-state index is 0.0137. The third kappa shape index (κ3) is 4.85. The number of ether oxygens (including phenoxy) is 1. The third-order valence-electron chi connectivity index (χ3n) is 2.88. The Kier molecular flexibility index (Phi) is 5.27. The van der Waals surface area contributed by atoms with Crippen LogP contribution >= 0.6 is 0 Å². The fourth-order valence-corrected chi connectivity index (χ4v) is 1.81. The van der Waals surface area contributed by atoms with Crippen LogP contribution in [0.25, 0.3) is 0 Å². The zero-order valence-corrected chi connectivity index (χ0v) is 11.8. The average molecular weight is 264 g/mol. The number of likely N-dealkylation sites (N-methyl/N-ethyl adjacent to an activating group) is 1. The Morgan fingerprint density at radius 3 is 2.47 bits per heavy atom. The molecule has 1 aromatic rings. The number of esters is 1. The molecule has 0 radical (unpaired) electrons. The first kappa shape index (κ1) is 15.4. The van der Waals surface area contributed by atoms with Crippen LogP contribution in [-0.2, 0) is 9.53 Å². The monoisotopic (exact) mass is 264 g/mol. The van der Waals surface area contributed by atoms with Crippen LogP contribution in [0.15, 0.2) is 42.5 Å². The van der Waals surface area contributed by atoms with Gasteiger partial charge >= 0.3 is 5.97 Å². The molecule has 0 aliphatic heterocycles. The fraction of sp³-hybridized carbons (Fsp3) is 0.400. The average Bonchev–Trinajstić information content (AvgIpc) is 2.36. The van der Waals surface area contributed by atoms with Crippen LogP contribution in [0.1, 0.15) is 6.92 Å². The van der Waals surface area contributed by atoms with E-state index in [2.05, 4.69) is 6.58 Å². The number of benzene rings is 1. The fourth-order valence-electron chi connectivity index (χ4n) is 1.81. The van der Waals surface area contributed by atoms with Crippen LogP contribution in [0, 0.1) is 0 Å². The van der Waals surface area contributed by atoms with E-state index in [-0.39, 0.29) is 6.61 Å². The Morgan fingerprint density at radius 2 is 1.95 bits per heavy atom. The Balaban J connectivity index is 2.54. The third-order valence-corrected chi connectivity index (χ3v) is 2.88. The molecule has 0 amide bonds. The Hall–Kier alpha value is -1.65. The second-order valence-corrected chi connectivity index (χ2v) is 5.24. The van der Waals surface area contributed by atoms with E-state index in [1.54, 1.807) is 6.92 Å². The van der Waals surface area contributed by atoms with Crippen molar-refractivity contribution in [3.8, 4) is 0 Å². The SMILES string of the molecule is C=C(C)C(=O)OCC(O)C[N+](C)(C)c1ccccc1. The highest BCUT2D eigenvalue weighted by Gasteiger charge is 2.24. The van der Waals surface area contributed by atoms with Crippen molar-refractivity contribution >= 4 is 11.7 Å². The van der Waals surface area contributed by atoms with Crippen LogP contribution in [0.2, 0.25) is 0 Å². The van der Waals surface area contributed by atoms with Crippen LogP contribution < -0.4 is 4.48 Å². The van der Waals surface area contributed by atoms with Crippen LogP contribution in [-0.4, -0.2) is 44.4 Å². The molecular weight excluding hydrogens is 242 g/mol. The standard InChI is InChI=1S/C15H22NO3/c1-12(2)15(18)19-11-14(17)10-16(3,4)13-8-6-5-7-9-13/h5-9,14,17H,1,10-11H2,2-4H3/q+1. The molecule has 0 aliphatic carbocycles. The second-order valence-electron chi connectivity index (χ2n) is 5.24. The highest BCUT2D eigenvalue weighted by Crippen LogP contribution is 2.18. The van der Waals surface area contributed by atoms with E-state index in [4.69, 9.17) is 4.74 Å². The molecule has 0 aromatic heterocycles. The molecule has 104 valence electrons. The number of rotatable bonds is 6. The maximum Gasteiger partial charge on any atom is 0.333 e. The van der Waals surface area contributed by atoms with Gasteiger partial charge in [0.1, 0.15) is 24.9 Å². The molecule has 4 heteroatoms. The second kappa shape index (κ2) is 6.50. The summed E-state index contributed by atoms with van der Waals surface area (Å²) >= 11 is 0. The number of aliphatic hydroxyl groups is 1. The summed E-state index contributed by atoms with van der Waals surface area (Å²) in [5, 5.41) is 9.95. The molecule has 0 aliphatic rings. The van der Waals surface area contributed by atoms with E-state index < -0.39 is 12.1 Å². The molecule has 0 heterocycles. The summed E-state index contributed by atoms with van der Waals surface area (Å²) in [6.45, 7) is 5.53. The molecule has 1 rings (SSSR count). The van der Waals surface area contributed by atoms with E-state index in [1.807, 2.05) is 44.4 Å². The van der Waals surface area contributed by atoms with Gasteiger partial charge in [0.15, 0.2) is 0 Å². The number of hydrogen-bond donors (Lipinski definition) is 1. The Bertz CT molecular complexity index is 440. The first-order chi connectivity index (χ1) is 8.83. The quantitative estimate of drug-likeness (QED) is 0.483. The molecule has 0 spiro atoms. The minimum Gasteiger partial charge on any atom is -0.459 e. The van der Waals surface area contributed by atoms with Crippen molar-refractivity contribution in [1.29, 1.82) is 0 Å². The van der Waals surface area contributed by atoms with E-state index in [0.29, 0.717) is 16.6 Å². The summed E-state index contributed by atoms with van der Waals surface area (Å²) in [6, 6.07) is 9.89. The zero-order valence-electron chi connectivity index (χ0n) is 11.8. The van der Waals surface area contributed by atoms with Gasteiger partial charge in [0.2, 0.25) is 0 Å². The first-order valence-electron chi connectivity index (χ1n) is 6.22. The minimum atomic E-state index is -0.710. The van der Waals surface area contributed by atoms with Gasteiger partial charge in [0.05, 0.1) is 14.1 Å². The number of para-hydroxylation sites is 1. The largest absolute Gasteiger partial charge is 0.459 e. The predicted octanol–water partition coefficient (Wildman–Crippen LogP) is 1.73. The number of carbonyl (C=O) groups is 1. The number of aliphatic hydroxyl groups excluding tert-OH is 1. The number of hydrogen-bond acceptors (Lipinski definition) is 3. The van der Waals surface area contributed by atoms with Crippen LogP contribution in [0.3, 0.4) is 0 Å². The lowest BCUT2D eigenvalue weighted by Gasteiger charge is -2.31. The molecule has 1 aromatic carbocycles. The van der Waals surface area contributed by atoms with Gasteiger partial charge in [0, 0.05) is 5.57 Å². The normalized spacial score (nSPS) is 12.8. The molecule has 1 N–H and O–H groups in total. The zero-order chi connectivity index (χ0) is 14.5. The smallest absolute Gasteiger partial charge is 0.333 e. The lowest BCUT2D eigenvalue weighted by atomic mass is 10.2. The van der Waals surface area contributed by atoms with Gasteiger partial charge in [-0.15, -0.1) is 0 Å². The lowest BCUT2D eigenvalue weighted by molar-refractivity contribution is -0.142. The predicted molar refractivity (Wildman–Crippen MR) is 76.7 cm³/mol. The van der Waals surface area contributed by atoms with Crippen LogP contribution in [0.5, 0.6) is 0 Å². The van der Waals surface area contributed by atoms with Gasteiger partial charge in [0.25, 0.3) is 0 Å². The molecule has 0 saturated carbocycles. The molecule has 4 nitrogen and oxygen atoms in total. The van der Waals surface area contributed by atoms with Gasteiger partial charge < -0.3 is 9.84 Å². The Labute approximate surface area is 114 Å². The van der Waals surface area contributed by atoms with Crippen molar-refractivity contribution < 1.29 is 14.6 Å². The molecule has 1 atom stereocenters. The number of nitrogens with zero attached hydrogens (tertiary/aromatic N) is 1. The summed E-state index contributed by atoms with van der Waals surface area (Å²) in [4.78, 5) is 11.2. The molecule has 19 heavy (non-hydrogen) atoms. The molecular formula is C15H22NO3+. The summed E-state index contributed by atoms with van der Waals surface area (Å²) in [6.07, 6.45) is -0.710. The van der Waals surface area contributed by atoms with Gasteiger partial charge in [-0.25, -0.2) is 4.79 Å². The molecule has 0 fully saturated rings. The number of quaternary nitrogens is 1. The van der Waals surface area contributed by atoms with E-state index in [0.717, 1.165) is 5.69 Å². The van der Waals surface area contributed by atoms with Gasteiger partial charge in [-0.2, -0.15) is 0 Å². The van der Waals surface area contributed by atoms with Gasteiger partial charge in [-0.1, -0.05) is 24.8 Å². The van der Waals surface area contributed by atoms with Crippen molar-refractivity contribution in [1.82, 2.24) is 4.48 Å². The molecule has 0 bridgehead atoms. The lowest BCUT2D eigenvalue weighted by Crippen LogP contribution is -2.47. The number of carbonyl (C=O) groups excluding carboxylic acids is 1. The summed E-state index contributed by atoms with van der Waals surface area (Å²) < 4.78 is 5.47. The van der Waals surface area contributed by atoms with Crippen molar-refractivity contribution in [3.05, 3.63) is 42.5 Å². The summed E-state index contributed by atoms with van der Waals surface area (Å²) in [7, 11) is 4.00. The van der Waals surface area contributed by atoms with Crippen molar-refractivity contribution in [2.24, 2.45) is 0 Å². The van der Waals surface area contributed by atoms with Crippen molar-refractivity contribution in [2.45, 2.75) is 13.0 Å². The highest BCUT2D eigenvalue weighted by molar-refractivity contribution is 5.86. The first-order valence-corrected chi connectivity index (χ1v) is 6.22. The topological polar surface area (TPSA) is 46.5 Å². The maximum absolute atomic E-state index is 11.2. The maximum atomic E-state index is 11.2. The van der Waals surface area contributed by atoms with Crippen molar-refractivity contribution in [2.75, 3.05) is 27.2 Å². The van der Waals surface area contributed by atoms with E-state index in [9.17, 15) is 9.90 Å². The van der Waals surface area contributed by atoms with E-state index >= 15 is 0 Å². The molecule has 0 saturated heterocycles. The van der Waals surface area contributed by atoms with Crippen LogP contribution in [0.4, 0.5) is 5.69 Å². The van der Waals surface area contributed by atoms with E-state index in [1.165, 1.54) is 0 Å². The molecule has 1 unspecified atom stereocenters. The van der Waals surface area contributed by atoms with Gasteiger partial charge in [-0.3, -0.25) is 4.48 Å². The Morgan fingerprint density at radius 1 is 1.37 bits per heavy atom. The summed E-state index contributed by atoms with van der Waals surface area (Å²) in [5.74, 6) is -0.468. The van der Waals surface area contributed by atoms with Gasteiger partial charge in [-0.05, 0) is 19.1 Å². The van der Waals surface area contributed by atoms with Crippen molar-refractivity contribution in [3.63, 3.8) is 0 Å². The summed E-state index contributed by atoms with van der Waals surface area (Å²) in [5.41, 5.74) is 1.43.